The molecule has 1 unspecified atom stereocenters. The van der Waals surface area contributed by atoms with Crippen LogP contribution in [0, 0.1) is 11.8 Å². The van der Waals surface area contributed by atoms with Gasteiger partial charge in [0, 0.05) is 0 Å². The summed E-state index contributed by atoms with van der Waals surface area (Å²) in [6.45, 7) is 14.5. The largest absolute Gasteiger partial charge is 0.508 e. The molecule has 0 aliphatic carbocycles. The van der Waals surface area contributed by atoms with Crippen molar-refractivity contribution in [1.82, 2.24) is 0 Å². The molecular weight excluding hydrogens is 204 g/mol. The van der Waals surface area contributed by atoms with E-state index >= 15 is 0 Å². The van der Waals surface area contributed by atoms with E-state index in [2.05, 4.69) is 13.8 Å². The van der Waals surface area contributed by atoms with E-state index in [4.69, 9.17) is 9.47 Å². The average molecular weight is 232 g/mol. The standard InChI is InChI=1S/C10H20O3.C3H8/c1-7(2)6-12-10(11)13-9(5)8(3)4;1-3-2/h7-9H,6H2,1-5H3;3H2,1-2H3. The number of rotatable bonds is 4. The molecule has 3 nitrogen and oxygen atoms in total. The van der Waals surface area contributed by atoms with E-state index in [-0.39, 0.29) is 6.10 Å². The van der Waals surface area contributed by atoms with Crippen molar-refractivity contribution in [3.05, 3.63) is 0 Å². The Morgan fingerprint density at radius 2 is 1.50 bits per heavy atom. The summed E-state index contributed by atoms with van der Waals surface area (Å²) in [6.07, 6.45) is 0.606. The molecule has 0 aliphatic heterocycles. The lowest BCUT2D eigenvalue weighted by Gasteiger charge is -2.16. The smallest absolute Gasteiger partial charge is 0.434 e. The maximum Gasteiger partial charge on any atom is 0.508 e. The van der Waals surface area contributed by atoms with E-state index in [1.165, 1.54) is 6.42 Å². The van der Waals surface area contributed by atoms with Crippen LogP contribution in [-0.2, 0) is 9.47 Å². The van der Waals surface area contributed by atoms with Crippen molar-refractivity contribution < 1.29 is 14.3 Å². The molecule has 0 aliphatic rings. The zero-order chi connectivity index (χ0) is 13.1. The van der Waals surface area contributed by atoms with Crippen LogP contribution in [0.2, 0.25) is 0 Å². The molecule has 98 valence electrons. The number of ether oxygens (including phenoxy) is 2. The van der Waals surface area contributed by atoms with Crippen molar-refractivity contribution in [3.8, 4) is 0 Å². The van der Waals surface area contributed by atoms with E-state index < -0.39 is 6.16 Å². The molecule has 0 aromatic carbocycles. The quantitative estimate of drug-likeness (QED) is 0.679. The van der Waals surface area contributed by atoms with Crippen LogP contribution in [0.15, 0.2) is 0 Å². The normalized spacial score (nSPS) is 11.8. The lowest BCUT2D eigenvalue weighted by molar-refractivity contribution is 0.00955. The zero-order valence-electron chi connectivity index (χ0n) is 11.9. The van der Waals surface area contributed by atoms with Gasteiger partial charge in [-0.05, 0) is 18.8 Å². The van der Waals surface area contributed by atoms with E-state index in [0.717, 1.165) is 0 Å². The van der Waals surface area contributed by atoms with Gasteiger partial charge in [-0.25, -0.2) is 4.79 Å². The number of carbonyl (C=O) groups is 1. The van der Waals surface area contributed by atoms with Crippen LogP contribution in [0.5, 0.6) is 0 Å². The Morgan fingerprint density at radius 3 is 1.81 bits per heavy atom. The minimum atomic E-state index is -0.560. The third kappa shape index (κ3) is 13.3. The Balaban J connectivity index is 0. The minimum Gasteiger partial charge on any atom is -0.434 e. The zero-order valence-corrected chi connectivity index (χ0v) is 11.9. The Labute approximate surface area is 101 Å². The predicted molar refractivity (Wildman–Crippen MR) is 67.5 cm³/mol. The number of hydrogen-bond donors (Lipinski definition) is 0. The van der Waals surface area contributed by atoms with Gasteiger partial charge in [-0.1, -0.05) is 48.0 Å². The maximum absolute atomic E-state index is 11.0. The fourth-order valence-corrected chi connectivity index (χ4v) is 0.557. The van der Waals surface area contributed by atoms with Crippen LogP contribution in [0.3, 0.4) is 0 Å². The number of hydrogen-bond acceptors (Lipinski definition) is 3. The molecule has 0 amide bonds. The van der Waals surface area contributed by atoms with Gasteiger partial charge < -0.3 is 9.47 Å². The lowest BCUT2D eigenvalue weighted by atomic mass is 10.1. The van der Waals surface area contributed by atoms with Gasteiger partial charge in [0.1, 0.15) is 6.10 Å². The summed E-state index contributed by atoms with van der Waals surface area (Å²) in [4.78, 5) is 11.0. The van der Waals surface area contributed by atoms with E-state index in [9.17, 15) is 4.79 Å². The summed E-state index contributed by atoms with van der Waals surface area (Å²) in [6, 6.07) is 0. The van der Waals surface area contributed by atoms with Crippen molar-refractivity contribution >= 4 is 6.16 Å². The molecular formula is C13H28O3. The topological polar surface area (TPSA) is 35.5 Å². The van der Waals surface area contributed by atoms with Crippen LogP contribution >= 0.6 is 0 Å². The van der Waals surface area contributed by atoms with Gasteiger partial charge in [-0.3, -0.25) is 0 Å². The highest BCUT2D eigenvalue weighted by Gasteiger charge is 2.13. The Morgan fingerprint density at radius 1 is 1.06 bits per heavy atom. The molecule has 0 bridgehead atoms. The molecule has 0 spiro atoms. The van der Waals surface area contributed by atoms with Gasteiger partial charge in [0.05, 0.1) is 6.61 Å². The van der Waals surface area contributed by atoms with Crippen LogP contribution < -0.4 is 0 Å². The molecule has 0 fully saturated rings. The maximum atomic E-state index is 11.0. The Hall–Kier alpha value is -0.730. The fraction of sp³-hybridized carbons (Fsp3) is 0.923. The highest BCUT2D eigenvalue weighted by molar-refractivity contribution is 5.60. The van der Waals surface area contributed by atoms with Gasteiger partial charge in [-0.2, -0.15) is 0 Å². The summed E-state index contributed by atoms with van der Waals surface area (Å²) in [7, 11) is 0. The summed E-state index contributed by atoms with van der Waals surface area (Å²) in [5.74, 6) is 0.675. The molecule has 0 saturated carbocycles. The minimum absolute atomic E-state index is 0.0836. The second-order valence-corrected chi connectivity index (χ2v) is 4.73. The lowest BCUT2D eigenvalue weighted by Crippen LogP contribution is -2.21. The van der Waals surface area contributed by atoms with E-state index in [0.29, 0.717) is 18.4 Å². The third-order valence-electron chi connectivity index (χ3n) is 1.76. The summed E-state index contributed by atoms with van der Waals surface area (Å²) in [5, 5.41) is 0. The first-order chi connectivity index (χ1) is 7.34. The van der Waals surface area contributed by atoms with Gasteiger partial charge in [-0.15, -0.1) is 0 Å². The fourth-order valence-electron chi connectivity index (χ4n) is 0.557. The average Bonchev–Trinajstić information content (AvgIpc) is 2.15. The summed E-state index contributed by atoms with van der Waals surface area (Å²) >= 11 is 0. The first-order valence-corrected chi connectivity index (χ1v) is 6.18. The first-order valence-electron chi connectivity index (χ1n) is 6.18. The van der Waals surface area contributed by atoms with Gasteiger partial charge in [0.15, 0.2) is 0 Å². The molecule has 0 radical (unpaired) electrons. The van der Waals surface area contributed by atoms with Crippen LogP contribution in [0.1, 0.15) is 54.9 Å². The SMILES string of the molecule is CC(C)COC(=O)OC(C)C(C)C.CCC. The molecule has 0 rings (SSSR count). The molecule has 0 aromatic heterocycles. The van der Waals surface area contributed by atoms with Crippen LogP contribution in [0.25, 0.3) is 0 Å². The van der Waals surface area contributed by atoms with Crippen molar-refractivity contribution in [2.75, 3.05) is 6.61 Å². The van der Waals surface area contributed by atoms with E-state index in [1.807, 2.05) is 34.6 Å². The molecule has 16 heavy (non-hydrogen) atoms. The van der Waals surface area contributed by atoms with Gasteiger partial charge >= 0.3 is 6.16 Å². The molecule has 1 atom stereocenters. The van der Waals surface area contributed by atoms with Crippen molar-refractivity contribution in [2.24, 2.45) is 11.8 Å². The second-order valence-electron chi connectivity index (χ2n) is 4.73. The number of carbonyl (C=O) groups excluding carboxylic acids is 1. The first kappa shape index (κ1) is 17.7. The molecule has 0 aromatic rings. The van der Waals surface area contributed by atoms with Crippen LogP contribution in [0.4, 0.5) is 4.79 Å². The summed E-state index contributed by atoms with van der Waals surface area (Å²) < 4.78 is 9.86. The molecule has 0 N–H and O–H groups in total. The Bertz CT molecular complexity index is 165. The monoisotopic (exact) mass is 232 g/mol. The predicted octanol–water partition coefficient (Wildman–Crippen LogP) is 4.26. The highest BCUT2D eigenvalue weighted by atomic mass is 16.7. The third-order valence-corrected chi connectivity index (χ3v) is 1.76. The van der Waals surface area contributed by atoms with Gasteiger partial charge in [0.2, 0.25) is 0 Å². The van der Waals surface area contributed by atoms with Crippen molar-refractivity contribution in [3.63, 3.8) is 0 Å². The van der Waals surface area contributed by atoms with Crippen molar-refractivity contribution in [1.29, 1.82) is 0 Å². The second kappa shape index (κ2) is 10.8. The van der Waals surface area contributed by atoms with Crippen LogP contribution in [-0.4, -0.2) is 18.9 Å². The highest BCUT2D eigenvalue weighted by Crippen LogP contribution is 2.06. The van der Waals surface area contributed by atoms with Crippen molar-refractivity contribution in [2.45, 2.75) is 61.0 Å². The summed E-state index contributed by atoms with van der Waals surface area (Å²) in [5.41, 5.74) is 0. The Kier molecular flexibility index (Phi) is 11.9. The van der Waals surface area contributed by atoms with Gasteiger partial charge in [0.25, 0.3) is 0 Å². The molecule has 3 heteroatoms. The molecule has 0 saturated heterocycles. The van der Waals surface area contributed by atoms with E-state index in [1.54, 1.807) is 0 Å². The molecule has 0 heterocycles.